The Morgan fingerprint density at radius 3 is 2.27 bits per heavy atom. The van der Waals surface area contributed by atoms with Gasteiger partial charge in [-0.05, 0) is 45.6 Å². The molecule has 0 atom stereocenters. The molecule has 2 aromatic heterocycles. The lowest BCUT2D eigenvalue weighted by Gasteiger charge is -2.16. The summed E-state index contributed by atoms with van der Waals surface area (Å²) in [6.07, 6.45) is 4.87. The van der Waals surface area contributed by atoms with Gasteiger partial charge in [0, 0.05) is 30.0 Å². The smallest absolute Gasteiger partial charge is 0.316 e. The molecule has 2 N–H and O–H groups in total. The fourth-order valence-corrected chi connectivity index (χ4v) is 4.75. The lowest BCUT2D eigenvalue weighted by Crippen LogP contribution is -2.32. The number of benzene rings is 2. The summed E-state index contributed by atoms with van der Waals surface area (Å²) in [5, 5.41) is 0. The third kappa shape index (κ3) is 9.48. The number of nitrogens with zero attached hydrogens (tertiary/aromatic N) is 4. The highest BCUT2D eigenvalue weighted by molar-refractivity contribution is 9.10. The Kier molecular flexibility index (Phi) is 11.2. The zero-order valence-electron chi connectivity index (χ0n) is 21.2. The maximum Gasteiger partial charge on any atom is 0.316 e. The van der Waals surface area contributed by atoms with E-state index in [2.05, 4.69) is 61.2 Å². The van der Waals surface area contributed by atoms with Gasteiger partial charge in [0.1, 0.15) is 19.5 Å². The Labute approximate surface area is 249 Å². The van der Waals surface area contributed by atoms with Crippen LogP contribution < -0.4 is 18.9 Å². The first-order valence-electron chi connectivity index (χ1n) is 12.1. The normalized spacial score (nSPS) is 11.2. The number of anilines is 1. The van der Waals surface area contributed by atoms with Gasteiger partial charge in [0.2, 0.25) is 5.88 Å². The Morgan fingerprint density at radius 1 is 0.800 bits per heavy atom. The fourth-order valence-electron chi connectivity index (χ4n) is 3.39. The van der Waals surface area contributed by atoms with Gasteiger partial charge in [-0.25, -0.2) is 19.9 Å². The van der Waals surface area contributed by atoms with Crippen LogP contribution in [0.3, 0.4) is 0 Å². The van der Waals surface area contributed by atoms with Gasteiger partial charge < -0.3 is 14.2 Å². The quantitative estimate of drug-likeness (QED) is 0.169. The highest BCUT2D eigenvalue weighted by atomic mass is 79.9. The number of rotatable bonds is 15. The zero-order valence-corrected chi connectivity index (χ0v) is 25.2. The van der Waals surface area contributed by atoms with Gasteiger partial charge in [-0.15, -0.1) is 0 Å². The van der Waals surface area contributed by atoms with Crippen LogP contribution in [0.25, 0.3) is 11.1 Å². The molecule has 0 aliphatic heterocycles. The molecule has 14 heteroatoms. The number of hydrogen-bond acceptors (Lipinski definition) is 9. The minimum absolute atomic E-state index is 0.0670. The summed E-state index contributed by atoms with van der Waals surface area (Å²) in [5.41, 5.74) is 2.09. The Morgan fingerprint density at radius 2 is 1.52 bits per heavy atom. The molecular formula is C26H26Br2N6O5S. The fraction of sp³-hybridized carbons (Fsp3) is 0.231. The highest BCUT2D eigenvalue weighted by Gasteiger charge is 2.20. The molecule has 11 nitrogen and oxygen atoms in total. The van der Waals surface area contributed by atoms with Gasteiger partial charge >= 0.3 is 6.01 Å². The average Bonchev–Trinajstić information content (AvgIpc) is 2.95. The van der Waals surface area contributed by atoms with Crippen molar-refractivity contribution < 1.29 is 22.6 Å². The van der Waals surface area contributed by atoms with Gasteiger partial charge in [-0.2, -0.15) is 13.1 Å². The van der Waals surface area contributed by atoms with E-state index in [9.17, 15) is 8.42 Å². The standard InChI is InChI=1S/C26H26Br2N6O5S/c27-21-9-7-20(8-10-21)23-24(31-18-32-25(23)38-13-14-39-26-29-15-22(28)16-30-26)34-40(35,36)33-11-4-12-37-17-19-5-2-1-3-6-19/h1-3,5-10,15-16,18,33H,4,11-14,17H2,(H,31,32,34). The summed E-state index contributed by atoms with van der Waals surface area (Å²) in [6.45, 7) is 1.29. The molecular weight excluding hydrogens is 668 g/mol. The first-order valence-corrected chi connectivity index (χ1v) is 15.2. The minimum atomic E-state index is -3.95. The van der Waals surface area contributed by atoms with Crippen LogP contribution in [0.5, 0.6) is 11.9 Å². The first kappa shape index (κ1) is 29.8. The van der Waals surface area contributed by atoms with Gasteiger partial charge in [-0.1, -0.05) is 58.4 Å². The van der Waals surface area contributed by atoms with E-state index < -0.39 is 10.2 Å². The number of nitrogens with one attached hydrogen (secondary N) is 2. The maximum absolute atomic E-state index is 12.8. The van der Waals surface area contributed by atoms with E-state index in [1.165, 1.54) is 6.33 Å². The second-order valence-corrected chi connectivity index (χ2v) is 11.5. The van der Waals surface area contributed by atoms with Crippen molar-refractivity contribution in [3.05, 3.63) is 87.8 Å². The largest absolute Gasteiger partial charge is 0.473 e. The van der Waals surface area contributed by atoms with Crippen molar-refractivity contribution in [3.8, 4) is 23.0 Å². The Bertz CT molecular complexity index is 1460. The molecule has 2 heterocycles. The molecule has 0 radical (unpaired) electrons. The first-order chi connectivity index (χ1) is 19.4. The summed E-state index contributed by atoms with van der Waals surface area (Å²) >= 11 is 6.69. The van der Waals surface area contributed by atoms with Gasteiger partial charge in [0.05, 0.1) is 16.6 Å². The zero-order chi connectivity index (χ0) is 28.2. The van der Waals surface area contributed by atoms with Crippen molar-refractivity contribution in [1.82, 2.24) is 24.7 Å². The van der Waals surface area contributed by atoms with Crippen LogP contribution >= 0.6 is 31.9 Å². The summed E-state index contributed by atoms with van der Waals surface area (Å²) in [5.74, 6) is 0.252. The summed E-state index contributed by atoms with van der Waals surface area (Å²) in [6, 6.07) is 17.2. The molecule has 0 bridgehead atoms. The molecule has 0 unspecified atom stereocenters. The van der Waals surface area contributed by atoms with Crippen molar-refractivity contribution in [2.45, 2.75) is 13.0 Å². The van der Waals surface area contributed by atoms with E-state index >= 15 is 0 Å². The molecule has 0 saturated carbocycles. The van der Waals surface area contributed by atoms with Crippen molar-refractivity contribution in [2.75, 3.05) is 31.1 Å². The third-order valence-electron chi connectivity index (χ3n) is 5.20. The van der Waals surface area contributed by atoms with Gasteiger partial charge in [0.15, 0.2) is 5.82 Å². The molecule has 0 aliphatic rings. The number of hydrogen-bond donors (Lipinski definition) is 2. The van der Waals surface area contributed by atoms with Crippen molar-refractivity contribution in [1.29, 1.82) is 0 Å². The molecule has 2 aromatic carbocycles. The van der Waals surface area contributed by atoms with E-state index in [1.54, 1.807) is 24.5 Å². The summed E-state index contributed by atoms with van der Waals surface area (Å²) in [7, 11) is -3.95. The predicted octanol–water partition coefficient (Wildman–Crippen LogP) is 4.77. The average molecular weight is 694 g/mol. The topological polar surface area (TPSA) is 137 Å². The molecule has 0 saturated heterocycles. The van der Waals surface area contributed by atoms with Gasteiger partial charge in [0.25, 0.3) is 10.2 Å². The van der Waals surface area contributed by atoms with Crippen molar-refractivity contribution in [2.24, 2.45) is 0 Å². The summed E-state index contributed by atoms with van der Waals surface area (Å²) in [4.78, 5) is 16.5. The Hall–Kier alpha value is -3.17. The van der Waals surface area contributed by atoms with Crippen LogP contribution in [0.2, 0.25) is 0 Å². The van der Waals surface area contributed by atoms with E-state index in [4.69, 9.17) is 14.2 Å². The van der Waals surface area contributed by atoms with Crippen LogP contribution in [0.15, 0.2) is 82.3 Å². The van der Waals surface area contributed by atoms with E-state index in [-0.39, 0.29) is 37.5 Å². The molecule has 210 valence electrons. The van der Waals surface area contributed by atoms with Crippen LogP contribution in [0, 0.1) is 0 Å². The minimum Gasteiger partial charge on any atom is -0.473 e. The lowest BCUT2D eigenvalue weighted by atomic mass is 10.1. The monoisotopic (exact) mass is 692 g/mol. The molecule has 0 amide bonds. The molecule has 4 rings (SSSR count). The number of halogens is 2. The Balaban J connectivity index is 1.37. The van der Waals surface area contributed by atoms with E-state index in [0.717, 1.165) is 14.5 Å². The van der Waals surface area contributed by atoms with Crippen LogP contribution in [-0.4, -0.2) is 54.7 Å². The number of aromatic nitrogens is 4. The van der Waals surface area contributed by atoms with Gasteiger partial charge in [-0.3, -0.25) is 4.72 Å². The SMILES string of the molecule is O=S(=O)(NCCCOCc1ccccc1)Nc1ncnc(OCCOc2ncc(Br)cn2)c1-c1ccc(Br)cc1. The molecule has 0 fully saturated rings. The second kappa shape index (κ2) is 15.0. The highest BCUT2D eigenvalue weighted by Crippen LogP contribution is 2.35. The lowest BCUT2D eigenvalue weighted by molar-refractivity contribution is 0.119. The van der Waals surface area contributed by atoms with Crippen LogP contribution in [-0.2, 0) is 21.6 Å². The third-order valence-corrected chi connectivity index (χ3v) is 7.18. The molecule has 0 aliphatic carbocycles. The maximum atomic E-state index is 12.8. The van der Waals surface area contributed by atoms with Crippen molar-refractivity contribution >= 4 is 47.9 Å². The van der Waals surface area contributed by atoms with Crippen LogP contribution in [0.4, 0.5) is 5.82 Å². The summed E-state index contributed by atoms with van der Waals surface area (Å²) < 4.78 is 49.3. The predicted molar refractivity (Wildman–Crippen MR) is 157 cm³/mol. The van der Waals surface area contributed by atoms with Crippen molar-refractivity contribution in [3.63, 3.8) is 0 Å². The second-order valence-electron chi connectivity index (χ2n) is 8.18. The van der Waals surface area contributed by atoms with E-state index in [0.29, 0.717) is 30.8 Å². The molecule has 4 aromatic rings. The van der Waals surface area contributed by atoms with Crippen LogP contribution in [0.1, 0.15) is 12.0 Å². The number of ether oxygens (including phenoxy) is 3. The molecule has 0 spiro atoms. The molecule has 40 heavy (non-hydrogen) atoms. The van der Waals surface area contributed by atoms with E-state index in [1.807, 2.05) is 42.5 Å².